The van der Waals surface area contributed by atoms with E-state index in [1.807, 2.05) is 0 Å². The van der Waals surface area contributed by atoms with Crippen LogP contribution in [0.3, 0.4) is 0 Å². The van der Waals surface area contributed by atoms with E-state index in [4.69, 9.17) is 9.63 Å². The Morgan fingerprint density at radius 3 is 2.74 bits per heavy atom. The van der Waals surface area contributed by atoms with Gasteiger partial charge < -0.3 is 25.0 Å². The largest absolute Gasteiger partial charge is 0.479 e. The summed E-state index contributed by atoms with van der Waals surface area (Å²) in [6.07, 6.45) is -0.636. The molecule has 9 heteroatoms. The van der Waals surface area contributed by atoms with Gasteiger partial charge in [0.1, 0.15) is 0 Å². The lowest BCUT2D eigenvalue weighted by Crippen LogP contribution is -2.43. The molecule has 0 aliphatic rings. The van der Waals surface area contributed by atoms with Crippen LogP contribution in [-0.2, 0) is 16.0 Å². The number of carbonyl (C=O) groups excluding carboxylic acids is 1. The molecule has 1 heterocycles. The number of urea groups is 1. The van der Waals surface area contributed by atoms with Gasteiger partial charge in [-0.3, -0.25) is 0 Å². The number of carboxylic acids is 1. The summed E-state index contributed by atoms with van der Waals surface area (Å²) < 4.78 is 9.43. The van der Waals surface area contributed by atoms with E-state index in [1.165, 1.54) is 7.11 Å². The smallest absolute Gasteiger partial charge is 0.334 e. The van der Waals surface area contributed by atoms with Crippen LogP contribution in [-0.4, -0.2) is 53.6 Å². The van der Waals surface area contributed by atoms with Crippen molar-refractivity contribution in [3.8, 4) is 0 Å². The molecule has 19 heavy (non-hydrogen) atoms. The van der Waals surface area contributed by atoms with Crippen LogP contribution >= 0.6 is 0 Å². The summed E-state index contributed by atoms with van der Waals surface area (Å²) in [5.74, 6) is -0.174. The normalized spacial score (nSPS) is 11.9. The molecule has 3 N–H and O–H groups in total. The van der Waals surface area contributed by atoms with Crippen molar-refractivity contribution < 1.29 is 24.0 Å². The van der Waals surface area contributed by atoms with Gasteiger partial charge in [0.05, 0.1) is 6.54 Å². The SMILES string of the molecule is COC(CNC(=O)NCCc1noc(C)n1)C(=O)O. The molecular weight excluding hydrogens is 256 g/mol. The van der Waals surface area contributed by atoms with Crippen LogP contribution in [0, 0.1) is 6.92 Å². The molecule has 0 radical (unpaired) electrons. The van der Waals surface area contributed by atoms with E-state index in [9.17, 15) is 9.59 Å². The van der Waals surface area contributed by atoms with Crippen molar-refractivity contribution >= 4 is 12.0 Å². The molecule has 1 atom stereocenters. The van der Waals surface area contributed by atoms with Gasteiger partial charge in [-0.25, -0.2) is 9.59 Å². The predicted octanol–water partition coefficient (Wildman–Crippen LogP) is -0.681. The number of hydrogen-bond donors (Lipinski definition) is 3. The lowest BCUT2D eigenvalue weighted by atomic mass is 10.3. The molecule has 0 bridgehead atoms. The standard InChI is InChI=1S/C10H16N4O5/c1-6-13-8(14-19-6)3-4-11-10(17)12-5-7(18-2)9(15)16/h7H,3-5H2,1-2H3,(H,15,16)(H2,11,12,17). The van der Waals surface area contributed by atoms with E-state index in [1.54, 1.807) is 6.92 Å². The van der Waals surface area contributed by atoms with Crippen LogP contribution in [0.25, 0.3) is 0 Å². The second-order valence-corrected chi connectivity index (χ2v) is 3.68. The van der Waals surface area contributed by atoms with E-state index >= 15 is 0 Å². The lowest BCUT2D eigenvalue weighted by molar-refractivity contribution is -0.147. The Hall–Kier alpha value is -2.16. The van der Waals surface area contributed by atoms with Crippen LogP contribution in [0.5, 0.6) is 0 Å². The van der Waals surface area contributed by atoms with Gasteiger partial charge in [-0.05, 0) is 0 Å². The van der Waals surface area contributed by atoms with E-state index < -0.39 is 18.1 Å². The van der Waals surface area contributed by atoms with Crippen molar-refractivity contribution in [1.82, 2.24) is 20.8 Å². The Labute approximate surface area is 109 Å². The average Bonchev–Trinajstić information content (AvgIpc) is 2.75. The fourth-order valence-corrected chi connectivity index (χ4v) is 1.25. The fraction of sp³-hybridized carbons (Fsp3) is 0.600. The molecule has 0 fully saturated rings. The van der Waals surface area contributed by atoms with E-state index in [2.05, 4.69) is 25.5 Å². The maximum absolute atomic E-state index is 11.3. The number of aryl methyl sites for hydroxylation is 1. The number of nitrogens with zero attached hydrogens (tertiary/aromatic N) is 2. The number of ether oxygens (including phenoxy) is 1. The van der Waals surface area contributed by atoms with E-state index in [0.717, 1.165) is 0 Å². The highest BCUT2D eigenvalue weighted by Crippen LogP contribution is 1.94. The molecule has 0 aliphatic heterocycles. The maximum atomic E-state index is 11.3. The van der Waals surface area contributed by atoms with Crippen LogP contribution in [0.1, 0.15) is 11.7 Å². The molecule has 1 unspecified atom stereocenters. The van der Waals surface area contributed by atoms with Gasteiger partial charge in [-0.1, -0.05) is 5.16 Å². The maximum Gasteiger partial charge on any atom is 0.334 e. The van der Waals surface area contributed by atoms with E-state index in [-0.39, 0.29) is 6.54 Å². The van der Waals surface area contributed by atoms with Crippen molar-refractivity contribution in [3.05, 3.63) is 11.7 Å². The molecule has 0 saturated carbocycles. The molecule has 0 spiro atoms. The zero-order valence-corrected chi connectivity index (χ0v) is 10.7. The minimum absolute atomic E-state index is 0.112. The summed E-state index contributed by atoms with van der Waals surface area (Å²) in [4.78, 5) is 25.9. The molecular formula is C10H16N4O5. The minimum atomic E-state index is -1.13. The highest BCUT2D eigenvalue weighted by Gasteiger charge is 2.16. The second kappa shape index (κ2) is 7.31. The van der Waals surface area contributed by atoms with Crippen molar-refractivity contribution in [3.63, 3.8) is 0 Å². The Balaban J connectivity index is 2.19. The fourth-order valence-electron chi connectivity index (χ4n) is 1.25. The Bertz CT molecular complexity index is 433. The van der Waals surface area contributed by atoms with Crippen LogP contribution in [0.2, 0.25) is 0 Å². The molecule has 0 aromatic carbocycles. The first-order chi connectivity index (χ1) is 9.02. The first kappa shape index (κ1) is 14.9. The first-order valence-electron chi connectivity index (χ1n) is 5.59. The summed E-state index contributed by atoms with van der Waals surface area (Å²) in [6, 6.07) is -0.483. The predicted molar refractivity (Wildman–Crippen MR) is 62.6 cm³/mol. The van der Waals surface area contributed by atoms with Crippen LogP contribution < -0.4 is 10.6 Å². The molecule has 0 aliphatic carbocycles. The lowest BCUT2D eigenvalue weighted by Gasteiger charge is -2.11. The highest BCUT2D eigenvalue weighted by atomic mass is 16.5. The van der Waals surface area contributed by atoms with Gasteiger partial charge in [-0.15, -0.1) is 0 Å². The van der Waals surface area contributed by atoms with Crippen LogP contribution in [0.15, 0.2) is 4.52 Å². The topological polar surface area (TPSA) is 127 Å². The summed E-state index contributed by atoms with van der Waals surface area (Å²) in [5.41, 5.74) is 0. The van der Waals surface area contributed by atoms with Crippen molar-refractivity contribution in [1.29, 1.82) is 0 Å². The van der Waals surface area contributed by atoms with Crippen molar-refractivity contribution in [2.45, 2.75) is 19.4 Å². The molecule has 1 aromatic rings. The molecule has 106 valence electrons. The van der Waals surface area contributed by atoms with Gasteiger partial charge >= 0.3 is 12.0 Å². The number of aliphatic carboxylic acids is 1. The summed E-state index contributed by atoms with van der Waals surface area (Å²) in [5, 5.41) is 17.3. The monoisotopic (exact) mass is 272 g/mol. The van der Waals surface area contributed by atoms with Gasteiger partial charge in [0.15, 0.2) is 11.9 Å². The Morgan fingerprint density at radius 1 is 1.47 bits per heavy atom. The molecule has 2 amide bonds. The summed E-state index contributed by atoms with van der Waals surface area (Å²) >= 11 is 0. The van der Waals surface area contributed by atoms with Gasteiger partial charge in [0, 0.05) is 27.0 Å². The van der Waals surface area contributed by atoms with Crippen molar-refractivity contribution in [2.75, 3.05) is 20.2 Å². The number of aromatic nitrogens is 2. The third-order valence-electron chi connectivity index (χ3n) is 2.21. The number of rotatable bonds is 7. The Kier molecular flexibility index (Phi) is 5.73. The number of hydrogen-bond acceptors (Lipinski definition) is 6. The van der Waals surface area contributed by atoms with Gasteiger partial charge in [0.25, 0.3) is 0 Å². The molecule has 1 aromatic heterocycles. The number of methoxy groups -OCH3 is 1. The second-order valence-electron chi connectivity index (χ2n) is 3.68. The number of amides is 2. The van der Waals surface area contributed by atoms with Crippen LogP contribution in [0.4, 0.5) is 4.79 Å². The van der Waals surface area contributed by atoms with Gasteiger partial charge in [-0.2, -0.15) is 4.98 Å². The molecule has 1 rings (SSSR count). The average molecular weight is 272 g/mol. The molecule has 0 saturated heterocycles. The van der Waals surface area contributed by atoms with Crippen molar-refractivity contribution in [2.24, 2.45) is 0 Å². The minimum Gasteiger partial charge on any atom is -0.479 e. The number of carbonyl (C=O) groups is 2. The van der Waals surface area contributed by atoms with E-state index in [0.29, 0.717) is 24.7 Å². The Morgan fingerprint density at radius 2 is 2.21 bits per heavy atom. The third-order valence-corrected chi connectivity index (χ3v) is 2.21. The molecule has 9 nitrogen and oxygen atoms in total. The van der Waals surface area contributed by atoms with Gasteiger partial charge in [0.2, 0.25) is 5.89 Å². The quantitative estimate of drug-likeness (QED) is 0.600. The number of nitrogens with one attached hydrogen (secondary N) is 2. The third kappa shape index (κ3) is 5.34. The highest BCUT2D eigenvalue weighted by molar-refractivity contribution is 5.76. The summed E-state index contributed by atoms with van der Waals surface area (Å²) in [6.45, 7) is 1.88. The zero-order chi connectivity index (χ0) is 14.3. The first-order valence-corrected chi connectivity index (χ1v) is 5.59. The zero-order valence-electron chi connectivity index (χ0n) is 10.7. The number of carboxylic acid groups (broad SMARTS) is 1. The summed E-state index contributed by atoms with van der Waals surface area (Å²) in [7, 11) is 1.26.